The van der Waals surface area contributed by atoms with Gasteiger partial charge in [-0.15, -0.1) is 0 Å². The molecule has 1 saturated carbocycles. The van der Waals surface area contributed by atoms with Crippen LogP contribution in [0.3, 0.4) is 0 Å². The highest BCUT2D eigenvalue weighted by molar-refractivity contribution is 5.96. The number of ether oxygens (including phenoxy) is 1. The molecule has 4 rings (SSSR count). The van der Waals surface area contributed by atoms with E-state index in [1.807, 2.05) is 30.9 Å². The van der Waals surface area contributed by atoms with Gasteiger partial charge in [0, 0.05) is 41.5 Å². The quantitative estimate of drug-likeness (QED) is 0.879. The van der Waals surface area contributed by atoms with Gasteiger partial charge in [-0.2, -0.15) is 0 Å². The third-order valence-corrected chi connectivity index (χ3v) is 5.22. The maximum atomic E-state index is 12.3. The molecule has 24 heavy (non-hydrogen) atoms. The van der Waals surface area contributed by atoms with Gasteiger partial charge >= 0.3 is 5.97 Å². The van der Waals surface area contributed by atoms with E-state index in [1.165, 1.54) is 0 Å². The zero-order valence-corrected chi connectivity index (χ0v) is 14.1. The first kappa shape index (κ1) is 15.2. The zero-order chi connectivity index (χ0) is 16.8. The summed E-state index contributed by atoms with van der Waals surface area (Å²) in [4.78, 5) is 29.5. The predicted octanol–water partition coefficient (Wildman–Crippen LogP) is 2.95. The Kier molecular flexibility index (Phi) is 3.59. The first-order valence-electron chi connectivity index (χ1n) is 8.58. The van der Waals surface area contributed by atoms with Crippen molar-refractivity contribution in [2.24, 2.45) is 5.92 Å². The lowest BCUT2D eigenvalue weighted by atomic mass is 10.1. The zero-order valence-electron chi connectivity index (χ0n) is 14.1. The minimum absolute atomic E-state index is 0.127. The summed E-state index contributed by atoms with van der Waals surface area (Å²) >= 11 is 0. The third-order valence-electron chi connectivity index (χ3n) is 5.22. The molecule has 1 amide bonds. The van der Waals surface area contributed by atoms with Crippen LogP contribution < -0.4 is 0 Å². The molecule has 1 aliphatic heterocycles. The fourth-order valence-corrected chi connectivity index (χ4v) is 3.52. The smallest absolute Gasteiger partial charge is 0.338 e. The second kappa shape index (κ2) is 5.65. The SMILES string of the molecule is Cc1[nH]c2ccc(C(=O)OC[C@H]3CC(=O)N(C4CC4)C3)cc2c1C. The summed E-state index contributed by atoms with van der Waals surface area (Å²) in [5.41, 5.74) is 3.86. The Morgan fingerprint density at radius 3 is 2.88 bits per heavy atom. The fraction of sp³-hybridized carbons (Fsp3) is 0.474. The number of aromatic nitrogens is 1. The molecule has 2 aliphatic rings. The number of aromatic amines is 1. The Morgan fingerprint density at radius 1 is 1.33 bits per heavy atom. The molecule has 5 heteroatoms. The first-order valence-corrected chi connectivity index (χ1v) is 8.58. The molecule has 1 saturated heterocycles. The van der Waals surface area contributed by atoms with E-state index in [1.54, 1.807) is 6.07 Å². The third kappa shape index (κ3) is 2.68. The number of esters is 1. The molecule has 5 nitrogen and oxygen atoms in total. The van der Waals surface area contributed by atoms with Crippen molar-refractivity contribution in [2.45, 2.75) is 39.2 Å². The van der Waals surface area contributed by atoms with Gasteiger partial charge in [0.25, 0.3) is 0 Å². The maximum absolute atomic E-state index is 12.3. The fourth-order valence-electron chi connectivity index (χ4n) is 3.52. The van der Waals surface area contributed by atoms with Crippen molar-refractivity contribution in [1.82, 2.24) is 9.88 Å². The Bertz CT molecular complexity index is 819. The van der Waals surface area contributed by atoms with Crippen molar-refractivity contribution >= 4 is 22.8 Å². The number of amides is 1. The second-order valence-corrected chi connectivity index (χ2v) is 7.08. The number of benzene rings is 1. The monoisotopic (exact) mass is 326 g/mol. The number of nitrogens with one attached hydrogen (secondary N) is 1. The van der Waals surface area contributed by atoms with Crippen LogP contribution in [0.15, 0.2) is 18.2 Å². The highest BCUT2D eigenvalue weighted by atomic mass is 16.5. The minimum atomic E-state index is -0.313. The van der Waals surface area contributed by atoms with Crippen LogP contribution in [0.1, 0.15) is 40.9 Å². The molecule has 2 aromatic rings. The molecule has 1 aromatic carbocycles. The first-order chi connectivity index (χ1) is 11.5. The summed E-state index contributed by atoms with van der Waals surface area (Å²) in [5.74, 6) is 0.0212. The predicted molar refractivity (Wildman–Crippen MR) is 90.9 cm³/mol. The number of carbonyl (C=O) groups excluding carboxylic acids is 2. The molecule has 126 valence electrons. The molecule has 0 spiro atoms. The number of aryl methyl sites for hydroxylation is 2. The maximum Gasteiger partial charge on any atom is 0.338 e. The Balaban J connectivity index is 1.41. The van der Waals surface area contributed by atoms with Crippen molar-refractivity contribution < 1.29 is 14.3 Å². The number of likely N-dealkylation sites (tertiary alicyclic amines) is 1. The largest absolute Gasteiger partial charge is 0.462 e. The van der Waals surface area contributed by atoms with Gasteiger partial charge in [-0.05, 0) is 50.5 Å². The molecule has 1 aromatic heterocycles. The number of H-pyrrole nitrogens is 1. The Hall–Kier alpha value is -2.30. The van der Waals surface area contributed by atoms with Crippen molar-refractivity contribution in [2.75, 3.05) is 13.2 Å². The van der Waals surface area contributed by atoms with E-state index in [0.29, 0.717) is 24.6 Å². The molecule has 1 N–H and O–H groups in total. The van der Waals surface area contributed by atoms with E-state index in [-0.39, 0.29) is 17.8 Å². The molecular formula is C19H22N2O3. The van der Waals surface area contributed by atoms with Crippen LogP contribution in [0.5, 0.6) is 0 Å². The summed E-state index contributed by atoms with van der Waals surface area (Å²) in [7, 11) is 0. The molecule has 2 heterocycles. The highest BCUT2D eigenvalue weighted by Gasteiger charge is 2.39. The molecule has 0 radical (unpaired) electrons. The number of rotatable bonds is 4. The summed E-state index contributed by atoms with van der Waals surface area (Å²) in [5, 5.41) is 1.05. The van der Waals surface area contributed by atoms with Gasteiger partial charge in [0.05, 0.1) is 12.2 Å². The van der Waals surface area contributed by atoms with Gasteiger partial charge in [-0.1, -0.05) is 0 Å². The summed E-state index contributed by atoms with van der Waals surface area (Å²) in [6, 6.07) is 6.03. The topological polar surface area (TPSA) is 62.4 Å². The summed E-state index contributed by atoms with van der Waals surface area (Å²) in [6.07, 6.45) is 2.74. The molecule has 1 atom stereocenters. The van der Waals surface area contributed by atoms with Crippen LogP contribution in [0, 0.1) is 19.8 Å². The van der Waals surface area contributed by atoms with Crippen LogP contribution >= 0.6 is 0 Å². The van der Waals surface area contributed by atoms with Gasteiger partial charge in [-0.25, -0.2) is 4.79 Å². The van der Waals surface area contributed by atoms with E-state index in [2.05, 4.69) is 4.98 Å². The summed E-state index contributed by atoms with van der Waals surface area (Å²) in [6.45, 7) is 5.11. The van der Waals surface area contributed by atoms with Crippen LogP contribution in [0.25, 0.3) is 10.9 Å². The van der Waals surface area contributed by atoms with Gasteiger partial charge in [0.2, 0.25) is 5.91 Å². The molecule has 0 unspecified atom stereocenters. The van der Waals surface area contributed by atoms with Crippen LogP contribution in [-0.4, -0.2) is 41.0 Å². The van der Waals surface area contributed by atoms with E-state index >= 15 is 0 Å². The van der Waals surface area contributed by atoms with Crippen molar-refractivity contribution in [1.29, 1.82) is 0 Å². The average Bonchev–Trinajstić information content (AvgIpc) is 3.29. The number of hydrogen-bond acceptors (Lipinski definition) is 3. The van der Waals surface area contributed by atoms with E-state index in [9.17, 15) is 9.59 Å². The summed E-state index contributed by atoms with van der Waals surface area (Å²) < 4.78 is 5.48. The van der Waals surface area contributed by atoms with E-state index in [4.69, 9.17) is 4.74 Å². The van der Waals surface area contributed by atoms with Gasteiger partial charge in [0.15, 0.2) is 0 Å². The van der Waals surface area contributed by atoms with E-state index < -0.39 is 0 Å². The van der Waals surface area contributed by atoms with Crippen LogP contribution in [-0.2, 0) is 9.53 Å². The Morgan fingerprint density at radius 2 is 2.12 bits per heavy atom. The number of hydrogen-bond donors (Lipinski definition) is 1. The number of carbonyl (C=O) groups is 2. The standard InChI is InChI=1S/C19H22N2O3/c1-11-12(2)20-17-6-3-14(8-16(11)17)19(23)24-10-13-7-18(22)21(9-13)15-4-5-15/h3,6,8,13,15,20H,4-5,7,9-10H2,1-2H3/t13-/m0/s1. The molecule has 2 fully saturated rings. The molecule has 0 bridgehead atoms. The van der Waals surface area contributed by atoms with Gasteiger partial charge < -0.3 is 14.6 Å². The lowest BCUT2D eigenvalue weighted by Crippen LogP contribution is -2.27. The molecule has 1 aliphatic carbocycles. The van der Waals surface area contributed by atoms with Crippen molar-refractivity contribution in [3.63, 3.8) is 0 Å². The minimum Gasteiger partial charge on any atom is -0.462 e. The number of nitrogens with zero attached hydrogens (tertiary/aromatic N) is 1. The molecular weight excluding hydrogens is 304 g/mol. The lowest BCUT2D eigenvalue weighted by Gasteiger charge is -2.15. The van der Waals surface area contributed by atoms with Gasteiger partial charge in [0.1, 0.15) is 0 Å². The van der Waals surface area contributed by atoms with Crippen molar-refractivity contribution in [3.05, 3.63) is 35.0 Å². The van der Waals surface area contributed by atoms with E-state index in [0.717, 1.165) is 41.5 Å². The van der Waals surface area contributed by atoms with Gasteiger partial charge in [-0.3, -0.25) is 4.79 Å². The van der Waals surface area contributed by atoms with Crippen LogP contribution in [0.4, 0.5) is 0 Å². The normalized spacial score (nSPS) is 20.8. The number of fused-ring (bicyclic) bond motifs is 1. The van der Waals surface area contributed by atoms with Crippen LogP contribution in [0.2, 0.25) is 0 Å². The Labute approximate surface area is 141 Å². The van der Waals surface area contributed by atoms with Crippen molar-refractivity contribution in [3.8, 4) is 0 Å². The lowest BCUT2D eigenvalue weighted by molar-refractivity contribution is -0.128. The average molecular weight is 326 g/mol. The highest BCUT2D eigenvalue weighted by Crippen LogP contribution is 2.32. The second-order valence-electron chi connectivity index (χ2n) is 7.08.